The Balaban J connectivity index is 1.74. The molecule has 5 nitrogen and oxygen atoms in total. The first kappa shape index (κ1) is 15.7. The van der Waals surface area contributed by atoms with E-state index in [0.717, 1.165) is 31.3 Å². The molecule has 1 aromatic carbocycles. The number of benzene rings is 1. The predicted octanol–water partition coefficient (Wildman–Crippen LogP) is 2.58. The number of aromatic nitrogens is 2. The second-order valence-corrected chi connectivity index (χ2v) is 6.14. The summed E-state index contributed by atoms with van der Waals surface area (Å²) in [5.41, 5.74) is 0.712. The zero-order valence-corrected chi connectivity index (χ0v) is 13.6. The van der Waals surface area contributed by atoms with Gasteiger partial charge in [0.25, 0.3) is 0 Å². The number of rotatable bonds is 4. The van der Waals surface area contributed by atoms with Gasteiger partial charge in [0.15, 0.2) is 0 Å². The first-order valence-electron chi connectivity index (χ1n) is 8.45. The molecule has 1 aromatic heterocycles. The molecular weight excluding hydrogens is 290 g/mol. The Labute approximate surface area is 135 Å². The van der Waals surface area contributed by atoms with E-state index in [2.05, 4.69) is 12.0 Å². The minimum absolute atomic E-state index is 0.0785. The van der Waals surface area contributed by atoms with Crippen molar-refractivity contribution in [3.8, 4) is 0 Å². The van der Waals surface area contributed by atoms with Crippen molar-refractivity contribution in [2.45, 2.75) is 51.6 Å². The van der Waals surface area contributed by atoms with Crippen LogP contribution in [0.5, 0.6) is 0 Å². The van der Waals surface area contributed by atoms with Crippen molar-refractivity contribution in [2.75, 3.05) is 6.54 Å². The van der Waals surface area contributed by atoms with E-state index in [1.165, 1.54) is 12.6 Å². The molecule has 0 spiro atoms. The summed E-state index contributed by atoms with van der Waals surface area (Å²) in [7, 11) is 0. The molecule has 3 rings (SSSR count). The highest BCUT2D eigenvalue weighted by molar-refractivity contribution is 5.79. The first-order valence-corrected chi connectivity index (χ1v) is 8.45. The highest BCUT2D eigenvalue weighted by Gasteiger charge is 2.24. The predicted molar refractivity (Wildman–Crippen MR) is 90.3 cm³/mol. The van der Waals surface area contributed by atoms with Crippen LogP contribution in [0.3, 0.4) is 0 Å². The Kier molecular flexibility index (Phi) is 4.74. The molecule has 2 heterocycles. The van der Waals surface area contributed by atoms with Gasteiger partial charge in [-0.3, -0.25) is 14.3 Å². The van der Waals surface area contributed by atoms with E-state index >= 15 is 0 Å². The van der Waals surface area contributed by atoms with Gasteiger partial charge in [0.05, 0.1) is 18.3 Å². The van der Waals surface area contributed by atoms with Crippen LogP contribution >= 0.6 is 0 Å². The maximum absolute atomic E-state index is 12.6. The fraction of sp³-hybridized carbons (Fsp3) is 0.500. The topological polar surface area (TPSA) is 55.2 Å². The molecule has 1 amide bonds. The number of carbonyl (C=O) groups is 1. The molecule has 23 heavy (non-hydrogen) atoms. The number of piperidine rings is 1. The van der Waals surface area contributed by atoms with Gasteiger partial charge in [-0.25, -0.2) is 0 Å². The fourth-order valence-electron chi connectivity index (χ4n) is 3.44. The monoisotopic (exact) mass is 313 g/mol. The third-order valence-electron chi connectivity index (χ3n) is 4.72. The zero-order chi connectivity index (χ0) is 16.2. The van der Waals surface area contributed by atoms with E-state index in [9.17, 15) is 9.59 Å². The number of nitrogens with zero attached hydrogens (tertiary/aromatic N) is 3. The molecular formula is C18H23N3O2. The normalized spacial score (nSPS) is 18.3. The Hall–Kier alpha value is -2.17. The standard InChI is InChI=1S/C18H23N3O2/c1-2-14-7-5-6-11-20(14)18(23)10-12-21-16-9-4-3-8-15(16)17(22)13-19-21/h3-4,8-9,13-14H,2,5-7,10-12H2,1H3/t14-/m1/s1. The number of likely N-dealkylation sites (tertiary alicyclic amines) is 1. The maximum Gasteiger partial charge on any atom is 0.224 e. The minimum atomic E-state index is -0.0785. The van der Waals surface area contributed by atoms with Gasteiger partial charge in [-0.05, 0) is 37.8 Å². The lowest BCUT2D eigenvalue weighted by atomic mass is 9.99. The van der Waals surface area contributed by atoms with Crippen LogP contribution < -0.4 is 5.43 Å². The second kappa shape index (κ2) is 6.94. The highest BCUT2D eigenvalue weighted by Crippen LogP contribution is 2.20. The van der Waals surface area contributed by atoms with Gasteiger partial charge in [-0.1, -0.05) is 19.1 Å². The van der Waals surface area contributed by atoms with Crippen LogP contribution in [0, 0.1) is 0 Å². The molecule has 122 valence electrons. The highest BCUT2D eigenvalue weighted by atomic mass is 16.2. The number of fused-ring (bicyclic) bond motifs is 1. The van der Waals surface area contributed by atoms with Crippen molar-refractivity contribution in [3.63, 3.8) is 0 Å². The number of carbonyl (C=O) groups excluding carboxylic acids is 1. The molecule has 0 N–H and O–H groups in total. The zero-order valence-electron chi connectivity index (χ0n) is 13.6. The van der Waals surface area contributed by atoms with Crippen molar-refractivity contribution in [2.24, 2.45) is 0 Å². The van der Waals surface area contributed by atoms with E-state index < -0.39 is 0 Å². The summed E-state index contributed by atoms with van der Waals surface area (Å²) in [4.78, 5) is 26.4. The fourth-order valence-corrected chi connectivity index (χ4v) is 3.44. The molecule has 1 aliphatic rings. The number of para-hydroxylation sites is 1. The van der Waals surface area contributed by atoms with Crippen LogP contribution in [0.2, 0.25) is 0 Å². The first-order chi connectivity index (χ1) is 11.2. The molecule has 5 heteroatoms. The van der Waals surface area contributed by atoms with Crippen LogP contribution in [-0.4, -0.2) is 33.2 Å². The van der Waals surface area contributed by atoms with Crippen molar-refractivity contribution in [3.05, 3.63) is 40.7 Å². The molecule has 2 aromatic rings. The summed E-state index contributed by atoms with van der Waals surface area (Å²) < 4.78 is 1.76. The summed E-state index contributed by atoms with van der Waals surface area (Å²) in [6.45, 7) is 3.52. The summed E-state index contributed by atoms with van der Waals surface area (Å²) in [6, 6.07) is 7.80. The average molecular weight is 313 g/mol. The molecule has 0 saturated carbocycles. The Morgan fingerprint density at radius 3 is 2.96 bits per heavy atom. The van der Waals surface area contributed by atoms with Crippen molar-refractivity contribution < 1.29 is 4.79 Å². The summed E-state index contributed by atoms with van der Waals surface area (Å²) >= 11 is 0. The lowest BCUT2D eigenvalue weighted by molar-refractivity contribution is -0.135. The molecule has 1 aliphatic heterocycles. The molecule has 0 radical (unpaired) electrons. The van der Waals surface area contributed by atoms with E-state index in [0.29, 0.717) is 24.4 Å². The van der Waals surface area contributed by atoms with Crippen LogP contribution in [0.4, 0.5) is 0 Å². The van der Waals surface area contributed by atoms with Gasteiger partial charge < -0.3 is 4.90 Å². The minimum Gasteiger partial charge on any atom is -0.340 e. The van der Waals surface area contributed by atoms with E-state index in [1.54, 1.807) is 10.7 Å². The van der Waals surface area contributed by atoms with Crippen molar-refractivity contribution in [1.82, 2.24) is 14.7 Å². The van der Waals surface area contributed by atoms with Gasteiger partial charge in [-0.2, -0.15) is 5.10 Å². The lowest BCUT2D eigenvalue weighted by Gasteiger charge is -2.35. The van der Waals surface area contributed by atoms with E-state index in [1.807, 2.05) is 23.1 Å². The number of amides is 1. The molecule has 0 unspecified atom stereocenters. The Bertz CT molecular complexity index is 753. The smallest absolute Gasteiger partial charge is 0.224 e. The molecule has 1 atom stereocenters. The van der Waals surface area contributed by atoms with E-state index in [4.69, 9.17) is 0 Å². The third kappa shape index (κ3) is 3.28. The molecule has 0 bridgehead atoms. The van der Waals surface area contributed by atoms with Crippen molar-refractivity contribution >= 4 is 16.8 Å². The van der Waals surface area contributed by atoms with Crippen LogP contribution in [0.25, 0.3) is 10.9 Å². The lowest BCUT2D eigenvalue weighted by Crippen LogP contribution is -2.43. The van der Waals surface area contributed by atoms with Gasteiger partial charge in [-0.15, -0.1) is 0 Å². The number of aryl methyl sites for hydroxylation is 1. The van der Waals surface area contributed by atoms with Crippen LogP contribution in [0.15, 0.2) is 35.3 Å². The summed E-state index contributed by atoms with van der Waals surface area (Å²) in [5.74, 6) is 0.195. The van der Waals surface area contributed by atoms with E-state index in [-0.39, 0.29) is 11.3 Å². The van der Waals surface area contributed by atoms with Crippen molar-refractivity contribution in [1.29, 1.82) is 0 Å². The van der Waals surface area contributed by atoms with Crippen LogP contribution in [-0.2, 0) is 11.3 Å². The summed E-state index contributed by atoms with van der Waals surface area (Å²) in [6.07, 6.45) is 6.21. The van der Waals surface area contributed by atoms with Gasteiger partial charge in [0.1, 0.15) is 0 Å². The molecule has 0 aliphatic carbocycles. The molecule has 1 fully saturated rings. The van der Waals surface area contributed by atoms with Gasteiger partial charge in [0.2, 0.25) is 11.3 Å². The number of hydrogen-bond donors (Lipinski definition) is 0. The Morgan fingerprint density at radius 2 is 2.13 bits per heavy atom. The van der Waals surface area contributed by atoms with Crippen LogP contribution in [0.1, 0.15) is 39.0 Å². The van der Waals surface area contributed by atoms with Gasteiger partial charge in [0, 0.05) is 24.4 Å². The number of hydrogen-bond acceptors (Lipinski definition) is 3. The maximum atomic E-state index is 12.6. The van der Waals surface area contributed by atoms with Gasteiger partial charge >= 0.3 is 0 Å². The largest absolute Gasteiger partial charge is 0.340 e. The second-order valence-electron chi connectivity index (χ2n) is 6.14. The molecule has 1 saturated heterocycles. The quantitative estimate of drug-likeness (QED) is 0.872. The SMILES string of the molecule is CC[C@@H]1CCCCN1C(=O)CCn1ncc(=O)c2ccccc21. The average Bonchev–Trinajstić information content (AvgIpc) is 2.61. The summed E-state index contributed by atoms with van der Waals surface area (Å²) in [5, 5.41) is 4.85. The third-order valence-corrected chi connectivity index (χ3v) is 4.72. The Morgan fingerprint density at radius 1 is 1.30 bits per heavy atom.